The van der Waals surface area contributed by atoms with Crippen molar-refractivity contribution in [3.63, 3.8) is 0 Å². The van der Waals surface area contributed by atoms with Crippen LogP contribution in [0, 0.1) is 0 Å². The maximum Gasteiger partial charge on any atom is 0.235 e. The van der Waals surface area contributed by atoms with Crippen molar-refractivity contribution in [2.24, 2.45) is 0 Å². The van der Waals surface area contributed by atoms with Gasteiger partial charge in [-0.25, -0.2) is 8.42 Å². The van der Waals surface area contributed by atoms with Gasteiger partial charge in [-0.05, 0) is 19.1 Å². The van der Waals surface area contributed by atoms with Crippen molar-refractivity contribution in [3.05, 3.63) is 24.3 Å². The van der Waals surface area contributed by atoms with Crippen LogP contribution < -0.4 is 9.47 Å². The number of ether oxygens (including phenoxy) is 2. The Kier molecular flexibility index (Phi) is 4.89. The summed E-state index contributed by atoms with van der Waals surface area (Å²) in [5.74, 6) is 0.885. The van der Waals surface area contributed by atoms with Gasteiger partial charge in [-0.2, -0.15) is 0 Å². The molecule has 0 aliphatic heterocycles. The quantitative estimate of drug-likeness (QED) is 0.738. The molecule has 0 spiro atoms. The van der Waals surface area contributed by atoms with Crippen molar-refractivity contribution in [1.82, 2.24) is 0 Å². The van der Waals surface area contributed by atoms with Gasteiger partial charge in [-0.15, -0.1) is 0 Å². The molecule has 0 fully saturated rings. The van der Waals surface area contributed by atoms with Crippen molar-refractivity contribution >= 4 is 19.7 Å². The van der Waals surface area contributed by atoms with Crippen LogP contribution in [-0.2, 0) is 9.05 Å². The standard InChI is InChI=1S/C10H13ClO4S/c1-2-14-9-5-3-4-6-10(9)15-7-8-16(11,12)13/h3-6H,2,7-8H2,1H3. The van der Waals surface area contributed by atoms with Gasteiger partial charge in [-0.1, -0.05) is 12.1 Å². The van der Waals surface area contributed by atoms with E-state index >= 15 is 0 Å². The van der Waals surface area contributed by atoms with Crippen molar-refractivity contribution in [3.8, 4) is 11.5 Å². The molecule has 0 heterocycles. The van der Waals surface area contributed by atoms with Crippen LogP contribution in [0.4, 0.5) is 0 Å². The molecular weight excluding hydrogens is 252 g/mol. The second-order valence-corrected chi connectivity index (χ2v) is 5.87. The minimum Gasteiger partial charge on any atom is -0.490 e. The molecule has 0 amide bonds. The third-order valence-electron chi connectivity index (χ3n) is 1.73. The monoisotopic (exact) mass is 264 g/mol. The molecule has 16 heavy (non-hydrogen) atoms. The number of halogens is 1. The van der Waals surface area contributed by atoms with Crippen LogP contribution in [0.25, 0.3) is 0 Å². The Bertz CT molecular complexity index is 430. The summed E-state index contributed by atoms with van der Waals surface area (Å²) < 4.78 is 32.0. The van der Waals surface area contributed by atoms with Gasteiger partial charge >= 0.3 is 0 Å². The van der Waals surface area contributed by atoms with Crippen molar-refractivity contribution in [2.45, 2.75) is 6.92 Å². The number of para-hydroxylation sites is 2. The van der Waals surface area contributed by atoms with Crippen LogP contribution in [0.1, 0.15) is 6.92 Å². The first kappa shape index (κ1) is 13.1. The van der Waals surface area contributed by atoms with E-state index in [2.05, 4.69) is 0 Å². The van der Waals surface area contributed by atoms with Gasteiger partial charge in [0.2, 0.25) is 9.05 Å². The molecule has 1 aromatic carbocycles. The van der Waals surface area contributed by atoms with Crippen LogP contribution in [0.3, 0.4) is 0 Å². The molecule has 0 radical (unpaired) electrons. The van der Waals surface area contributed by atoms with Gasteiger partial charge in [0.25, 0.3) is 0 Å². The van der Waals surface area contributed by atoms with Crippen LogP contribution >= 0.6 is 10.7 Å². The smallest absolute Gasteiger partial charge is 0.235 e. The Morgan fingerprint density at radius 2 is 1.75 bits per heavy atom. The molecule has 90 valence electrons. The first-order chi connectivity index (χ1) is 7.53. The molecule has 0 unspecified atom stereocenters. The van der Waals surface area contributed by atoms with Gasteiger partial charge in [0, 0.05) is 10.7 Å². The Labute approximate surface area is 99.6 Å². The molecule has 1 rings (SSSR count). The first-order valence-electron chi connectivity index (χ1n) is 4.80. The molecule has 0 bridgehead atoms. The molecule has 0 atom stereocenters. The Morgan fingerprint density at radius 3 is 2.25 bits per heavy atom. The summed E-state index contributed by atoms with van der Waals surface area (Å²) in [7, 11) is 1.55. The lowest BCUT2D eigenvalue weighted by Gasteiger charge is -2.10. The Hall–Kier alpha value is -0.940. The third-order valence-corrected chi connectivity index (χ3v) is 2.85. The summed E-state index contributed by atoms with van der Waals surface area (Å²) in [5.41, 5.74) is 0. The number of hydrogen-bond acceptors (Lipinski definition) is 4. The normalized spacial score (nSPS) is 11.1. The van der Waals surface area contributed by atoms with Crippen molar-refractivity contribution < 1.29 is 17.9 Å². The average molecular weight is 265 g/mol. The highest BCUT2D eigenvalue weighted by Crippen LogP contribution is 2.26. The fraction of sp³-hybridized carbons (Fsp3) is 0.400. The van der Waals surface area contributed by atoms with Gasteiger partial charge in [0.15, 0.2) is 11.5 Å². The summed E-state index contributed by atoms with van der Waals surface area (Å²) in [4.78, 5) is 0. The molecule has 4 nitrogen and oxygen atoms in total. The van der Waals surface area contributed by atoms with E-state index in [1.807, 2.05) is 13.0 Å². The van der Waals surface area contributed by atoms with E-state index in [1.165, 1.54) is 0 Å². The van der Waals surface area contributed by atoms with Gasteiger partial charge in [-0.3, -0.25) is 0 Å². The lowest BCUT2D eigenvalue weighted by Crippen LogP contribution is -2.09. The van der Waals surface area contributed by atoms with Gasteiger partial charge in [0.05, 0.1) is 12.4 Å². The van der Waals surface area contributed by atoms with Crippen molar-refractivity contribution in [1.29, 1.82) is 0 Å². The highest BCUT2D eigenvalue weighted by molar-refractivity contribution is 8.13. The highest BCUT2D eigenvalue weighted by atomic mass is 35.7. The molecule has 0 N–H and O–H groups in total. The zero-order valence-corrected chi connectivity index (χ0v) is 10.4. The second kappa shape index (κ2) is 5.96. The number of benzene rings is 1. The average Bonchev–Trinajstić information content (AvgIpc) is 2.19. The van der Waals surface area contributed by atoms with E-state index < -0.39 is 9.05 Å². The first-order valence-corrected chi connectivity index (χ1v) is 7.27. The van der Waals surface area contributed by atoms with Gasteiger partial charge < -0.3 is 9.47 Å². The molecule has 0 aliphatic carbocycles. The second-order valence-electron chi connectivity index (χ2n) is 2.97. The summed E-state index contributed by atoms with van der Waals surface area (Å²) in [5, 5.41) is 0. The highest BCUT2D eigenvalue weighted by Gasteiger charge is 2.07. The fourth-order valence-corrected chi connectivity index (χ4v) is 1.57. The maximum absolute atomic E-state index is 10.7. The minimum absolute atomic E-state index is 0.00984. The molecule has 0 saturated heterocycles. The minimum atomic E-state index is -3.51. The number of rotatable bonds is 6. The fourth-order valence-electron chi connectivity index (χ4n) is 1.10. The summed E-state index contributed by atoms with van der Waals surface area (Å²) in [6, 6.07) is 7.07. The summed E-state index contributed by atoms with van der Waals surface area (Å²) in [6.45, 7) is 2.39. The Balaban J connectivity index is 2.59. The van der Waals surface area contributed by atoms with Crippen LogP contribution in [-0.4, -0.2) is 27.4 Å². The third kappa shape index (κ3) is 4.72. The maximum atomic E-state index is 10.7. The van der Waals surface area contributed by atoms with Crippen LogP contribution in [0.15, 0.2) is 24.3 Å². The SMILES string of the molecule is CCOc1ccccc1OCCS(=O)(=O)Cl. The molecule has 0 aromatic heterocycles. The largest absolute Gasteiger partial charge is 0.490 e. The lowest BCUT2D eigenvalue weighted by atomic mass is 10.3. The van der Waals surface area contributed by atoms with E-state index in [9.17, 15) is 8.42 Å². The molecule has 6 heteroatoms. The molecular formula is C10H13ClO4S. The molecule has 0 aliphatic rings. The van der Waals surface area contributed by atoms with Crippen molar-refractivity contribution in [2.75, 3.05) is 19.0 Å². The topological polar surface area (TPSA) is 52.6 Å². The van der Waals surface area contributed by atoms with E-state index in [-0.39, 0.29) is 12.4 Å². The van der Waals surface area contributed by atoms with E-state index in [0.29, 0.717) is 18.1 Å². The summed E-state index contributed by atoms with van der Waals surface area (Å²) in [6.07, 6.45) is 0. The van der Waals surface area contributed by atoms with E-state index in [4.69, 9.17) is 20.2 Å². The Morgan fingerprint density at radius 1 is 1.19 bits per heavy atom. The van der Waals surface area contributed by atoms with Crippen LogP contribution in [0.5, 0.6) is 11.5 Å². The van der Waals surface area contributed by atoms with Gasteiger partial charge in [0.1, 0.15) is 6.61 Å². The zero-order chi connectivity index (χ0) is 12.0. The summed E-state index contributed by atoms with van der Waals surface area (Å²) >= 11 is 0. The number of hydrogen-bond donors (Lipinski definition) is 0. The van der Waals surface area contributed by atoms with E-state index in [0.717, 1.165) is 0 Å². The zero-order valence-electron chi connectivity index (χ0n) is 8.85. The lowest BCUT2D eigenvalue weighted by molar-refractivity contribution is 0.288. The molecule has 0 saturated carbocycles. The van der Waals surface area contributed by atoms with E-state index in [1.54, 1.807) is 18.2 Å². The predicted octanol–water partition coefficient (Wildman–Crippen LogP) is 2.03. The van der Waals surface area contributed by atoms with Crippen LogP contribution in [0.2, 0.25) is 0 Å². The predicted molar refractivity (Wildman–Crippen MR) is 62.7 cm³/mol. The molecule has 1 aromatic rings.